The van der Waals surface area contributed by atoms with E-state index < -0.39 is 47.2 Å². The monoisotopic (exact) mass is 459 g/mol. The van der Waals surface area contributed by atoms with Crippen molar-refractivity contribution in [3.63, 3.8) is 0 Å². The molecule has 3 rings (SSSR count). The van der Waals surface area contributed by atoms with Crippen LogP contribution in [0.2, 0.25) is 0 Å². The van der Waals surface area contributed by atoms with Gasteiger partial charge in [0, 0.05) is 17.8 Å². The van der Waals surface area contributed by atoms with Gasteiger partial charge in [-0.15, -0.1) is 0 Å². The lowest BCUT2D eigenvalue weighted by Crippen LogP contribution is -2.17. The molecular weight excluding hydrogens is 448 g/mol. The number of hydrogen-bond donors (Lipinski definition) is 1. The molecule has 0 aliphatic rings. The summed E-state index contributed by atoms with van der Waals surface area (Å²) in [5.74, 6) is -8.26. The van der Waals surface area contributed by atoms with Crippen LogP contribution in [0.5, 0.6) is 5.75 Å². The molecular formula is C19H11F6N3O2S. The molecule has 1 N–H and O–H groups in total. The molecule has 0 radical (unpaired) electrons. The summed E-state index contributed by atoms with van der Waals surface area (Å²) < 4.78 is 82.8. The number of carbonyl (C=O) groups is 1. The second-order valence-corrected chi connectivity index (χ2v) is 6.75. The van der Waals surface area contributed by atoms with Crippen LogP contribution in [-0.4, -0.2) is 28.2 Å². The minimum Gasteiger partial charge on any atom is -0.435 e. The predicted molar refractivity (Wildman–Crippen MR) is 99.7 cm³/mol. The van der Waals surface area contributed by atoms with Crippen molar-refractivity contribution >= 4 is 23.4 Å². The molecule has 0 fully saturated rings. The Balaban J connectivity index is 1.69. The van der Waals surface area contributed by atoms with Gasteiger partial charge in [-0.1, -0.05) is 23.9 Å². The number of alkyl halides is 2. The van der Waals surface area contributed by atoms with Gasteiger partial charge in [0.25, 0.3) is 0 Å². The summed E-state index contributed by atoms with van der Waals surface area (Å²) in [6.07, 6.45) is 1.35. The zero-order valence-electron chi connectivity index (χ0n) is 15.2. The Bertz CT molecular complexity index is 1090. The minimum absolute atomic E-state index is 0.0236. The van der Waals surface area contributed by atoms with E-state index in [4.69, 9.17) is 0 Å². The number of carbonyl (C=O) groups excluding carboxylic acids is 1. The first-order chi connectivity index (χ1) is 14.7. The van der Waals surface area contributed by atoms with Gasteiger partial charge in [0.15, 0.2) is 28.4 Å². The maximum Gasteiger partial charge on any atom is 0.387 e. The lowest BCUT2D eigenvalue weighted by atomic mass is 10.1. The highest BCUT2D eigenvalue weighted by Gasteiger charge is 2.21. The van der Waals surface area contributed by atoms with Gasteiger partial charge >= 0.3 is 6.61 Å². The zero-order chi connectivity index (χ0) is 22.5. The van der Waals surface area contributed by atoms with Crippen LogP contribution in [0, 0.1) is 23.3 Å². The fourth-order valence-corrected chi connectivity index (χ4v) is 3.02. The molecule has 2 aromatic carbocycles. The lowest BCUT2D eigenvalue weighted by molar-refractivity contribution is -0.113. The van der Waals surface area contributed by atoms with Crippen LogP contribution in [0.1, 0.15) is 0 Å². The van der Waals surface area contributed by atoms with Crippen LogP contribution in [0.15, 0.2) is 47.8 Å². The van der Waals surface area contributed by atoms with Gasteiger partial charge < -0.3 is 10.1 Å². The number of rotatable bonds is 7. The molecule has 3 aromatic rings. The standard InChI is InChI=1S/C19H11F6N3O2S/c20-11-7-12(21)16(23)17(15(11)22)28-14(29)8-31-19-26-5-4-13(27-19)9-2-1-3-10(6-9)30-18(24)25/h1-7,18H,8H2,(H,28,29). The molecule has 0 aliphatic carbocycles. The van der Waals surface area contributed by atoms with Gasteiger partial charge in [0.2, 0.25) is 5.91 Å². The minimum atomic E-state index is -2.99. The van der Waals surface area contributed by atoms with Gasteiger partial charge in [-0.25, -0.2) is 27.5 Å². The Morgan fingerprint density at radius 2 is 1.77 bits per heavy atom. The topological polar surface area (TPSA) is 64.1 Å². The van der Waals surface area contributed by atoms with E-state index in [-0.39, 0.29) is 17.0 Å². The van der Waals surface area contributed by atoms with Gasteiger partial charge in [0.05, 0.1) is 11.4 Å². The summed E-state index contributed by atoms with van der Waals surface area (Å²) in [6.45, 7) is -2.99. The first kappa shape index (κ1) is 22.4. The van der Waals surface area contributed by atoms with Gasteiger partial charge in [-0.05, 0) is 18.2 Å². The maximum absolute atomic E-state index is 13.6. The van der Waals surface area contributed by atoms with E-state index in [0.717, 1.165) is 11.8 Å². The smallest absolute Gasteiger partial charge is 0.387 e. The van der Waals surface area contributed by atoms with Crippen molar-refractivity contribution in [2.45, 2.75) is 11.8 Å². The number of amides is 1. The van der Waals surface area contributed by atoms with E-state index in [9.17, 15) is 31.1 Å². The third kappa shape index (κ3) is 5.66. The summed E-state index contributed by atoms with van der Waals surface area (Å²) in [7, 11) is 0. The third-order valence-corrected chi connectivity index (χ3v) is 4.56. The summed E-state index contributed by atoms with van der Waals surface area (Å²) in [6, 6.07) is 7.26. The second kappa shape index (κ2) is 9.69. The Morgan fingerprint density at radius 1 is 1.06 bits per heavy atom. The maximum atomic E-state index is 13.6. The van der Waals surface area contributed by atoms with E-state index in [1.807, 2.05) is 0 Å². The van der Waals surface area contributed by atoms with Crippen molar-refractivity contribution in [1.29, 1.82) is 0 Å². The predicted octanol–water partition coefficient (Wildman–Crippen LogP) is 5.03. The molecule has 1 aromatic heterocycles. The molecule has 12 heteroatoms. The number of aromatic nitrogens is 2. The first-order valence-corrected chi connectivity index (χ1v) is 9.37. The van der Waals surface area contributed by atoms with Crippen molar-refractivity contribution in [1.82, 2.24) is 9.97 Å². The van der Waals surface area contributed by atoms with Crippen LogP contribution in [0.4, 0.5) is 32.0 Å². The van der Waals surface area contributed by atoms with Crippen molar-refractivity contribution in [3.05, 3.63) is 65.9 Å². The molecule has 162 valence electrons. The third-order valence-electron chi connectivity index (χ3n) is 3.70. The van der Waals surface area contributed by atoms with Crippen molar-refractivity contribution in [3.8, 4) is 17.0 Å². The Hall–Kier alpha value is -3.28. The van der Waals surface area contributed by atoms with Crippen molar-refractivity contribution < 1.29 is 35.9 Å². The van der Waals surface area contributed by atoms with Crippen LogP contribution >= 0.6 is 11.8 Å². The largest absolute Gasteiger partial charge is 0.435 e. The van der Waals surface area contributed by atoms with Crippen LogP contribution in [0.3, 0.4) is 0 Å². The quantitative estimate of drug-likeness (QED) is 0.232. The summed E-state index contributed by atoms with van der Waals surface area (Å²) in [5, 5.41) is 1.85. The SMILES string of the molecule is O=C(CSc1nccc(-c2cccc(OC(F)F)c2)n1)Nc1c(F)c(F)cc(F)c1F. The average Bonchev–Trinajstić information content (AvgIpc) is 2.74. The molecule has 0 saturated heterocycles. The number of halogens is 6. The van der Waals surface area contributed by atoms with Gasteiger partial charge in [-0.2, -0.15) is 8.78 Å². The Morgan fingerprint density at radius 3 is 2.45 bits per heavy atom. The molecule has 0 spiro atoms. The Kier molecular flexibility index (Phi) is 7.00. The lowest BCUT2D eigenvalue weighted by Gasteiger charge is -2.09. The molecule has 0 bridgehead atoms. The van der Waals surface area contributed by atoms with E-state index in [1.165, 1.54) is 30.5 Å². The number of nitrogens with zero attached hydrogens (tertiary/aromatic N) is 2. The molecule has 0 saturated carbocycles. The first-order valence-electron chi connectivity index (χ1n) is 8.38. The summed E-state index contributed by atoms with van der Waals surface area (Å²) in [5.41, 5.74) is -0.471. The number of ether oxygens (including phenoxy) is 1. The number of nitrogens with one attached hydrogen (secondary N) is 1. The number of anilines is 1. The highest BCUT2D eigenvalue weighted by Crippen LogP contribution is 2.26. The normalized spacial score (nSPS) is 10.9. The van der Waals surface area contributed by atoms with Crippen LogP contribution < -0.4 is 10.1 Å². The molecule has 0 atom stereocenters. The molecule has 0 aliphatic heterocycles. The highest BCUT2D eigenvalue weighted by atomic mass is 32.2. The second-order valence-electron chi connectivity index (χ2n) is 5.81. The molecule has 1 heterocycles. The molecule has 1 amide bonds. The molecule has 5 nitrogen and oxygen atoms in total. The molecule has 0 unspecified atom stereocenters. The summed E-state index contributed by atoms with van der Waals surface area (Å²) >= 11 is 0.774. The average molecular weight is 459 g/mol. The van der Waals surface area contributed by atoms with E-state index in [1.54, 1.807) is 11.4 Å². The van der Waals surface area contributed by atoms with Crippen molar-refractivity contribution in [2.75, 3.05) is 11.1 Å². The van der Waals surface area contributed by atoms with Gasteiger partial charge in [0.1, 0.15) is 11.4 Å². The van der Waals surface area contributed by atoms with Crippen LogP contribution in [0.25, 0.3) is 11.3 Å². The number of benzene rings is 2. The van der Waals surface area contributed by atoms with Crippen molar-refractivity contribution in [2.24, 2.45) is 0 Å². The van der Waals surface area contributed by atoms with E-state index in [2.05, 4.69) is 14.7 Å². The van der Waals surface area contributed by atoms with Gasteiger partial charge in [-0.3, -0.25) is 4.79 Å². The van der Waals surface area contributed by atoms with E-state index >= 15 is 0 Å². The highest BCUT2D eigenvalue weighted by molar-refractivity contribution is 7.99. The van der Waals surface area contributed by atoms with E-state index in [0.29, 0.717) is 11.3 Å². The molecule has 31 heavy (non-hydrogen) atoms. The van der Waals surface area contributed by atoms with Crippen LogP contribution in [-0.2, 0) is 4.79 Å². The fourth-order valence-electron chi connectivity index (χ4n) is 2.39. The summed E-state index contributed by atoms with van der Waals surface area (Å²) in [4.78, 5) is 20.1. The number of hydrogen-bond acceptors (Lipinski definition) is 5. The number of thioether (sulfide) groups is 1. The fraction of sp³-hybridized carbons (Fsp3) is 0.105. The zero-order valence-corrected chi connectivity index (χ0v) is 16.0. The Labute approximate surface area is 175 Å².